The van der Waals surface area contributed by atoms with Crippen LogP contribution < -0.4 is 4.90 Å². The van der Waals surface area contributed by atoms with E-state index >= 15 is 0 Å². The van der Waals surface area contributed by atoms with Crippen LogP contribution in [0.15, 0.2) is 66.0 Å². The first-order valence-electron chi connectivity index (χ1n) is 10.3. The lowest BCUT2D eigenvalue weighted by Gasteiger charge is -2.27. The number of rotatable bonds is 3. The van der Waals surface area contributed by atoms with Crippen LogP contribution in [0.1, 0.15) is 55.6 Å². The number of allylic oxidation sites excluding steroid dienone is 3. The number of aromatic nitrogens is 1. The zero-order valence-electron chi connectivity index (χ0n) is 18.0. The molecule has 5 nitrogen and oxygen atoms in total. The topological polar surface area (TPSA) is 70.5 Å². The number of hydrogen-bond acceptors (Lipinski definition) is 3. The lowest BCUT2D eigenvalue weighted by atomic mass is 9.74. The smallest absolute Gasteiger partial charge is 0.335 e. The van der Waals surface area contributed by atoms with Gasteiger partial charge in [-0.15, -0.1) is 11.6 Å². The van der Waals surface area contributed by atoms with Crippen LogP contribution in [0, 0.1) is 0 Å². The van der Waals surface area contributed by atoms with E-state index in [1.165, 1.54) is 28.8 Å². The van der Waals surface area contributed by atoms with E-state index in [0.29, 0.717) is 12.2 Å². The van der Waals surface area contributed by atoms with Gasteiger partial charge in [0.1, 0.15) is 5.82 Å². The molecule has 1 aromatic heterocycles. The summed E-state index contributed by atoms with van der Waals surface area (Å²) in [5, 5.41) is 9.17. The minimum Gasteiger partial charge on any atom is -0.478 e. The molecule has 31 heavy (non-hydrogen) atoms. The summed E-state index contributed by atoms with van der Waals surface area (Å²) < 4.78 is 0. The van der Waals surface area contributed by atoms with Gasteiger partial charge >= 0.3 is 5.97 Å². The Kier molecular flexibility index (Phi) is 5.05. The lowest BCUT2D eigenvalue weighted by Crippen LogP contribution is -2.36. The molecule has 1 amide bonds. The van der Waals surface area contributed by atoms with Gasteiger partial charge in [-0.2, -0.15) is 0 Å². The average Bonchev–Trinajstić information content (AvgIpc) is 2.95. The SMILES string of the molecule is CC(C)(C)c1ccc(C2(C)C(=O)N(c3cc(C(=O)O)ccn3)C3=CCC(Cl)C=C32)cc1. The fourth-order valence-corrected chi connectivity index (χ4v) is 4.45. The van der Waals surface area contributed by atoms with E-state index in [1.807, 2.05) is 31.2 Å². The molecule has 1 saturated heterocycles. The molecule has 2 aromatic rings. The van der Waals surface area contributed by atoms with Crippen LogP contribution in [0.4, 0.5) is 5.82 Å². The van der Waals surface area contributed by atoms with Gasteiger partial charge in [-0.1, -0.05) is 57.2 Å². The number of anilines is 1. The van der Waals surface area contributed by atoms with Gasteiger partial charge in [0.25, 0.3) is 0 Å². The quantitative estimate of drug-likeness (QED) is 0.671. The molecule has 1 aliphatic carbocycles. The zero-order chi connectivity index (χ0) is 22.6. The maximum absolute atomic E-state index is 13.9. The number of hydrogen-bond donors (Lipinski definition) is 1. The van der Waals surface area contributed by atoms with E-state index < -0.39 is 11.4 Å². The van der Waals surface area contributed by atoms with Gasteiger partial charge < -0.3 is 5.11 Å². The van der Waals surface area contributed by atoms with Crippen molar-refractivity contribution in [2.45, 2.75) is 50.3 Å². The second-order valence-electron chi connectivity index (χ2n) is 9.22. The molecule has 0 bridgehead atoms. The van der Waals surface area contributed by atoms with Crippen molar-refractivity contribution in [1.82, 2.24) is 4.98 Å². The highest BCUT2D eigenvalue weighted by atomic mass is 35.5. The Morgan fingerprint density at radius 1 is 1.23 bits per heavy atom. The van der Waals surface area contributed by atoms with Gasteiger partial charge in [-0.05, 0) is 47.6 Å². The highest BCUT2D eigenvalue weighted by Gasteiger charge is 2.53. The summed E-state index contributed by atoms with van der Waals surface area (Å²) in [4.78, 5) is 31.2. The van der Waals surface area contributed by atoms with Crippen molar-refractivity contribution < 1.29 is 14.7 Å². The number of benzene rings is 1. The third-order valence-electron chi connectivity index (χ3n) is 6.12. The number of carboxylic acid groups (broad SMARTS) is 1. The molecule has 1 N–H and O–H groups in total. The van der Waals surface area contributed by atoms with Crippen molar-refractivity contribution in [3.05, 3.63) is 82.7 Å². The predicted molar refractivity (Wildman–Crippen MR) is 122 cm³/mol. The summed E-state index contributed by atoms with van der Waals surface area (Å²) in [6.45, 7) is 8.35. The van der Waals surface area contributed by atoms with Crippen molar-refractivity contribution in [2.24, 2.45) is 0 Å². The van der Waals surface area contributed by atoms with Gasteiger partial charge in [0.15, 0.2) is 0 Å². The number of halogens is 1. The largest absolute Gasteiger partial charge is 0.478 e. The van der Waals surface area contributed by atoms with Crippen molar-refractivity contribution in [1.29, 1.82) is 0 Å². The lowest BCUT2D eigenvalue weighted by molar-refractivity contribution is -0.120. The standard InChI is InChI=1S/C25H25ClN2O3/c1-24(2,3)16-5-7-17(8-6-16)25(4)19-14-18(26)9-10-20(19)28(23(25)31)21-13-15(22(29)30)11-12-27-21/h5-8,10-14,18H,9H2,1-4H3,(H,29,30). The molecule has 2 heterocycles. The number of fused-ring (bicyclic) bond motifs is 1. The predicted octanol–water partition coefficient (Wildman–Crippen LogP) is 5.20. The summed E-state index contributed by atoms with van der Waals surface area (Å²) in [5.41, 5.74) is 2.73. The van der Waals surface area contributed by atoms with Crippen LogP contribution >= 0.6 is 11.6 Å². The van der Waals surface area contributed by atoms with E-state index in [4.69, 9.17) is 11.6 Å². The summed E-state index contributed by atoms with van der Waals surface area (Å²) in [6, 6.07) is 11.0. The summed E-state index contributed by atoms with van der Waals surface area (Å²) in [7, 11) is 0. The number of alkyl halides is 1. The molecule has 4 rings (SSSR count). The number of amides is 1. The Labute approximate surface area is 187 Å². The Balaban J connectivity index is 1.86. The van der Waals surface area contributed by atoms with Gasteiger partial charge in [0.05, 0.1) is 22.1 Å². The summed E-state index contributed by atoms with van der Waals surface area (Å²) in [6.07, 6.45) is 5.88. The van der Waals surface area contributed by atoms with Gasteiger partial charge in [0, 0.05) is 6.20 Å². The number of nitrogens with zero attached hydrogens (tertiary/aromatic N) is 2. The molecule has 2 atom stereocenters. The Bertz CT molecular complexity index is 1130. The van der Waals surface area contributed by atoms with Gasteiger partial charge in [0.2, 0.25) is 5.91 Å². The Morgan fingerprint density at radius 2 is 1.90 bits per heavy atom. The highest BCUT2D eigenvalue weighted by molar-refractivity contribution is 6.22. The molecule has 0 saturated carbocycles. The Morgan fingerprint density at radius 3 is 2.52 bits per heavy atom. The second kappa shape index (κ2) is 7.34. The number of aromatic carboxylic acids is 1. The fourth-order valence-electron chi connectivity index (χ4n) is 4.23. The first-order chi connectivity index (χ1) is 14.5. The van der Waals surface area contributed by atoms with Crippen molar-refractivity contribution in [3.8, 4) is 0 Å². The number of carboxylic acids is 1. The molecule has 0 spiro atoms. The zero-order valence-corrected chi connectivity index (χ0v) is 18.8. The fraction of sp³-hybridized carbons (Fsp3) is 0.320. The minimum atomic E-state index is -1.06. The van der Waals surface area contributed by atoms with Crippen LogP contribution in [0.5, 0.6) is 0 Å². The first kappa shape index (κ1) is 21.3. The van der Waals surface area contributed by atoms with E-state index in [1.54, 1.807) is 0 Å². The molecule has 2 unspecified atom stereocenters. The number of carbonyl (C=O) groups excluding carboxylic acids is 1. The van der Waals surface area contributed by atoms with Crippen LogP contribution in [0.3, 0.4) is 0 Å². The van der Waals surface area contributed by atoms with E-state index in [9.17, 15) is 14.7 Å². The van der Waals surface area contributed by atoms with Crippen molar-refractivity contribution >= 4 is 29.3 Å². The Hall–Kier alpha value is -2.92. The molecule has 1 aliphatic heterocycles. The van der Waals surface area contributed by atoms with E-state index in [-0.39, 0.29) is 22.3 Å². The summed E-state index contributed by atoms with van der Waals surface area (Å²) >= 11 is 6.45. The molecule has 1 fully saturated rings. The molecule has 1 aromatic carbocycles. The average molecular weight is 437 g/mol. The van der Waals surface area contributed by atoms with Crippen molar-refractivity contribution in [3.63, 3.8) is 0 Å². The van der Waals surface area contributed by atoms with Gasteiger partial charge in [-0.3, -0.25) is 9.69 Å². The van der Waals surface area contributed by atoms with E-state index in [0.717, 1.165) is 16.8 Å². The van der Waals surface area contributed by atoms with Crippen molar-refractivity contribution in [2.75, 3.05) is 4.90 Å². The number of carbonyl (C=O) groups is 2. The molecule has 160 valence electrons. The monoisotopic (exact) mass is 436 g/mol. The molecule has 6 heteroatoms. The third kappa shape index (κ3) is 3.47. The highest BCUT2D eigenvalue weighted by Crippen LogP contribution is 2.49. The van der Waals surface area contributed by atoms with Crippen LogP contribution in [-0.2, 0) is 15.6 Å². The van der Waals surface area contributed by atoms with Crippen LogP contribution in [0.25, 0.3) is 0 Å². The van der Waals surface area contributed by atoms with Gasteiger partial charge in [-0.25, -0.2) is 9.78 Å². The molecule has 2 aliphatic rings. The normalized spacial score (nSPS) is 23.3. The molecular formula is C25H25ClN2O3. The second-order valence-corrected chi connectivity index (χ2v) is 9.78. The molecule has 0 radical (unpaired) electrons. The van der Waals surface area contributed by atoms with Crippen LogP contribution in [-0.4, -0.2) is 27.3 Å². The first-order valence-corrected chi connectivity index (χ1v) is 10.7. The minimum absolute atomic E-state index is 0.00273. The number of pyridine rings is 1. The molecular weight excluding hydrogens is 412 g/mol. The van der Waals surface area contributed by atoms with E-state index in [2.05, 4.69) is 37.9 Å². The summed E-state index contributed by atoms with van der Waals surface area (Å²) in [5.74, 6) is -0.940. The third-order valence-corrected chi connectivity index (χ3v) is 6.42. The maximum atomic E-state index is 13.9. The van der Waals surface area contributed by atoms with Crippen LogP contribution in [0.2, 0.25) is 0 Å². The maximum Gasteiger partial charge on any atom is 0.335 e.